The number of nitrogens with one attached hydrogen (secondary N) is 2. The van der Waals surface area contributed by atoms with Gasteiger partial charge in [-0.15, -0.1) is 24.0 Å². The van der Waals surface area contributed by atoms with E-state index in [1.165, 1.54) is 0 Å². The summed E-state index contributed by atoms with van der Waals surface area (Å²) in [5, 5.41) is 17.1. The summed E-state index contributed by atoms with van der Waals surface area (Å²) >= 11 is 0. The van der Waals surface area contributed by atoms with Crippen LogP contribution in [0.15, 0.2) is 35.3 Å². The summed E-state index contributed by atoms with van der Waals surface area (Å²) in [6.45, 7) is 11.6. The number of rotatable bonds is 10. The van der Waals surface area contributed by atoms with Gasteiger partial charge in [0.2, 0.25) is 5.91 Å². The molecular weight excluding hydrogens is 509 g/mol. The van der Waals surface area contributed by atoms with E-state index < -0.39 is 5.60 Å². The third-order valence-electron chi connectivity index (χ3n) is 4.97. The van der Waals surface area contributed by atoms with Crippen molar-refractivity contribution >= 4 is 35.8 Å². The minimum Gasteiger partial charge on any atom is -0.387 e. The molecule has 8 nitrogen and oxygen atoms in total. The predicted molar refractivity (Wildman–Crippen MR) is 135 cm³/mol. The van der Waals surface area contributed by atoms with Gasteiger partial charge in [-0.1, -0.05) is 30.3 Å². The van der Waals surface area contributed by atoms with Crippen LogP contribution in [0, 0.1) is 0 Å². The third-order valence-corrected chi connectivity index (χ3v) is 4.97. The Balaban J connectivity index is 0.00000480. The van der Waals surface area contributed by atoms with Crippen LogP contribution >= 0.6 is 24.0 Å². The van der Waals surface area contributed by atoms with Crippen LogP contribution in [0.4, 0.5) is 0 Å². The van der Waals surface area contributed by atoms with Gasteiger partial charge in [0.05, 0.1) is 18.8 Å². The van der Waals surface area contributed by atoms with Gasteiger partial charge in [0, 0.05) is 45.8 Å². The molecule has 1 fully saturated rings. The summed E-state index contributed by atoms with van der Waals surface area (Å²) in [6, 6.07) is 9.95. The van der Waals surface area contributed by atoms with Crippen molar-refractivity contribution in [2.45, 2.75) is 32.9 Å². The quantitative estimate of drug-likeness (QED) is 0.233. The van der Waals surface area contributed by atoms with Gasteiger partial charge in [-0.3, -0.25) is 9.69 Å². The molecular formula is C22H38IN5O3. The average Bonchev–Trinajstić information content (AvgIpc) is 2.75. The summed E-state index contributed by atoms with van der Waals surface area (Å²) < 4.78 is 5.36. The Morgan fingerprint density at radius 1 is 1.23 bits per heavy atom. The Morgan fingerprint density at radius 2 is 1.90 bits per heavy atom. The smallest absolute Gasteiger partial charge is 0.244 e. The van der Waals surface area contributed by atoms with E-state index in [0.717, 1.165) is 18.7 Å². The minimum absolute atomic E-state index is 0. The van der Waals surface area contributed by atoms with Gasteiger partial charge in [-0.05, 0) is 26.3 Å². The van der Waals surface area contributed by atoms with Crippen molar-refractivity contribution < 1.29 is 14.6 Å². The van der Waals surface area contributed by atoms with E-state index in [4.69, 9.17) is 4.74 Å². The van der Waals surface area contributed by atoms with E-state index in [-0.39, 0.29) is 36.4 Å². The molecule has 1 aromatic rings. The number of hydrogen-bond acceptors (Lipinski definition) is 5. The number of halogens is 1. The number of carbonyl (C=O) groups excluding carboxylic acids is 1. The van der Waals surface area contributed by atoms with Gasteiger partial charge < -0.3 is 25.4 Å². The van der Waals surface area contributed by atoms with Crippen molar-refractivity contribution in [3.05, 3.63) is 35.9 Å². The highest BCUT2D eigenvalue weighted by atomic mass is 127. The van der Waals surface area contributed by atoms with Crippen LogP contribution in [-0.2, 0) is 16.1 Å². The second kappa shape index (κ2) is 14.6. The van der Waals surface area contributed by atoms with Crippen LogP contribution in [0.25, 0.3) is 0 Å². The number of benzene rings is 1. The number of amides is 1. The summed E-state index contributed by atoms with van der Waals surface area (Å²) in [6.07, 6.45) is 0. The number of hydrogen-bond donors (Lipinski definition) is 3. The maximum Gasteiger partial charge on any atom is 0.244 e. The molecule has 1 atom stereocenters. The molecule has 0 bridgehead atoms. The maximum absolute atomic E-state index is 12.6. The first-order chi connectivity index (χ1) is 14.4. The topological polar surface area (TPSA) is 89.4 Å². The molecule has 176 valence electrons. The first-order valence-electron chi connectivity index (χ1n) is 10.8. The van der Waals surface area contributed by atoms with Crippen molar-refractivity contribution in [3.8, 4) is 0 Å². The van der Waals surface area contributed by atoms with E-state index in [2.05, 4.69) is 20.5 Å². The summed E-state index contributed by atoms with van der Waals surface area (Å²) in [5.74, 6) is 0.502. The largest absolute Gasteiger partial charge is 0.387 e. The van der Waals surface area contributed by atoms with Crippen LogP contribution in [0.3, 0.4) is 0 Å². The molecule has 1 amide bonds. The molecule has 0 spiro atoms. The summed E-state index contributed by atoms with van der Waals surface area (Å²) in [7, 11) is 0. The van der Waals surface area contributed by atoms with Crippen LogP contribution in [0.1, 0.15) is 26.3 Å². The Labute approximate surface area is 203 Å². The van der Waals surface area contributed by atoms with E-state index in [1.807, 2.05) is 51.1 Å². The normalized spacial score (nSPS) is 16.7. The number of morpholine rings is 1. The number of nitrogens with zero attached hydrogens (tertiary/aromatic N) is 3. The number of guanidine groups is 1. The zero-order valence-corrected chi connectivity index (χ0v) is 21.3. The Morgan fingerprint density at radius 3 is 2.52 bits per heavy atom. The van der Waals surface area contributed by atoms with Crippen molar-refractivity contribution in [3.63, 3.8) is 0 Å². The van der Waals surface area contributed by atoms with Gasteiger partial charge in [-0.25, -0.2) is 4.99 Å². The van der Waals surface area contributed by atoms with Crippen molar-refractivity contribution in [1.82, 2.24) is 20.4 Å². The summed E-state index contributed by atoms with van der Waals surface area (Å²) in [5.41, 5.74) is 0.182. The highest BCUT2D eigenvalue weighted by molar-refractivity contribution is 14.0. The molecule has 1 aliphatic rings. The standard InChI is InChI=1S/C22H37N5O3.HI/c1-4-23-21(25-17-22(3,29)18-26-11-13-30-14-12-26)24-15-20(28)27(5-2)16-19-9-7-6-8-10-19;/h6-10,29H,4-5,11-18H2,1-3H3,(H2,23,24,25);1H. The van der Waals surface area contributed by atoms with Gasteiger partial charge in [0.15, 0.2) is 5.96 Å². The SMILES string of the molecule is CCNC(=NCC(=O)N(CC)Cc1ccccc1)NCC(C)(O)CN1CCOCC1.I. The Kier molecular flexibility index (Phi) is 13.0. The molecule has 0 aliphatic carbocycles. The van der Waals surface area contributed by atoms with E-state index in [0.29, 0.717) is 51.9 Å². The zero-order chi connectivity index (χ0) is 21.8. The molecule has 9 heteroatoms. The number of ether oxygens (including phenoxy) is 1. The number of aliphatic hydroxyl groups is 1. The molecule has 0 aromatic heterocycles. The van der Waals surface area contributed by atoms with E-state index in [9.17, 15) is 9.90 Å². The number of aliphatic imine (C=N–C) groups is 1. The molecule has 1 aliphatic heterocycles. The number of likely N-dealkylation sites (N-methyl/N-ethyl adjacent to an activating group) is 1. The first kappa shape index (κ1) is 27.6. The second-order valence-electron chi connectivity index (χ2n) is 7.83. The lowest BCUT2D eigenvalue weighted by atomic mass is 10.1. The molecule has 0 radical (unpaired) electrons. The molecule has 1 saturated heterocycles. The van der Waals surface area contributed by atoms with E-state index in [1.54, 1.807) is 4.90 Å². The van der Waals surface area contributed by atoms with Crippen LogP contribution < -0.4 is 10.6 Å². The number of carbonyl (C=O) groups is 1. The van der Waals surface area contributed by atoms with Gasteiger partial charge in [0.25, 0.3) is 0 Å². The fourth-order valence-corrected chi connectivity index (χ4v) is 3.34. The highest BCUT2D eigenvalue weighted by Gasteiger charge is 2.25. The first-order valence-corrected chi connectivity index (χ1v) is 10.8. The van der Waals surface area contributed by atoms with Crippen LogP contribution in [0.2, 0.25) is 0 Å². The van der Waals surface area contributed by atoms with Gasteiger partial charge in [-0.2, -0.15) is 0 Å². The summed E-state index contributed by atoms with van der Waals surface area (Å²) in [4.78, 5) is 21.1. The fourth-order valence-electron chi connectivity index (χ4n) is 3.34. The van der Waals surface area contributed by atoms with Crippen LogP contribution in [0.5, 0.6) is 0 Å². The van der Waals surface area contributed by atoms with Gasteiger partial charge in [0.1, 0.15) is 6.54 Å². The molecule has 1 unspecified atom stereocenters. The average molecular weight is 547 g/mol. The molecule has 2 rings (SSSR count). The lowest BCUT2D eigenvalue weighted by molar-refractivity contribution is -0.130. The molecule has 1 heterocycles. The van der Waals surface area contributed by atoms with Crippen molar-refractivity contribution in [1.29, 1.82) is 0 Å². The van der Waals surface area contributed by atoms with Crippen molar-refractivity contribution in [2.75, 3.05) is 59.0 Å². The van der Waals surface area contributed by atoms with Crippen LogP contribution in [-0.4, -0.2) is 91.4 Å². The fraction of sp³-hybridized carbons (Fsp3) is 0.636. The second-order valence-corrected chi connectivity index (χ2v) is 7.83. The van der Waals surface area contributed by atoms with E-state index >= 15 is 0 Å². The molecule has 3 N–H and O–H groups in total. The lowest BCUT2D eigenvalue weighted by Crippen LogP contribution is -2.53. The molecule has 1 aromatic carbocycles. The Hall–Kier alpha value is -1.43. The monoisotopic (exact) mass is 547 g/mol. The number of β-amino-alcohol motifs (C(OH)–C–C–N with tert-alkyl or cyclic N) is 1. The third kappa shape index (κ3) is 10.6. The molecule has 0 saturated carbocycles. The maximum atomic E-state index is 12.6. The van der Waals surface area contributed by atoms with Crippen molar-refractivity contribution in [2.24, 2.45) is 4.99 Å². The molecule has 31 heavy (non-hydrogen) atoms. The zero-order valence-electron chi connectivity index (χ0n) is 19.0. The minimum atomic E-state index is -0.916. The lowest BCUT2D eigenvalue weighted by Gasteiger charge is -2.34. The van der Waals surface area contributed by atoms with Gasteiger partial charge >= 0.3 is 0 Å². The predicted octanol–water partition coefficient (Wildman–Crippen LogP) is 1.29. The highest BCUT2D eigenvalue weighted by Crippen LogP contribution is 2.08. The Bertz CT molecular complexity index is 666.